The highest BCUT2D eigenvalue weighted by Gasteiger charge is 2.09. The van der Waals surface area contributed by atoms with Gasteiger partial charge in [0, 0.05) is 17.0 Å². The fourth-order valence-corrected chi connectivity index (χ4v) is 3.15. The largest absolute Gasteiger partial charge is 0.350 e. The highest BCUT2D eigenvalue weighted by molar-refractivity contribution is 7.98. The molecule has 3 rings (SSSR count). The Kier molecular flexibility index (Phi) is 6.87. The lowest BCUT2D eigenvalue weighted by molar-refractivity contribution is -0.120. The first-order valence-corrected chi connectivity index (χ1v) is 10.2. The van der Waals surface area contributed by atoms with Crippen LogP contribution >= 0.6 is 11.8 Å². The van der Waals surface area contributed by atoms with E-state index >= 15 is 0 Å². The predicted molar refractivity (Wildman–Crippen MR) is 114 cm³/mol. The Hall–Kier alpha value is -3.05. The van der Waals surface area contributed by atoms with Crippen LogP contribution in [0.2, 0.25) is 0 Å². The van der Waals surface area contributed by atoms with E-state index in [2.05, 4.69) is 22.8 Å². The van der Waals surface area contributed by atoms with E-state index in [4.69, 9.17) is 0 Å². The van der Waals surface area contributed by atoms with Crippen molar-refractivity contribution in [1.82, 2.24) is 10.6 Å². The molecule has 3 aromatic rings. The highest BCUT2D eigenvalue weighted by Crippen LogP contribution is 2.23. The predicted octanol–water partition coefficient (Wildman–Crippen LogP) is 4.12. The van der Waals surface area contributed by atoms with Crippen LogP contribution in [0.1, 0.15) is 15.9 Å². The molecule has 0 radical (unpaired) electrons. The Balaban J connectivity index is 1.56. The van der Waals surface area contributed by atoms with Crippen LogP contribution in [0.5, 0.6) is 0 Å². The number of carbonyl (C=O) groups excluding carboxylic acids is 2. The molecular formula is C23H22N2O2S. The van der Waals surface area contributed by atoms with E-state index in [1.165, 1.54) is 4.90 Å². The molecule has 2 amide bonds. The third kappa shape index (κ3) is 5.47. The number of hydrogen-bond donors (Lipinski definition) is 2. The van der Waals surface area contributed by atoms with Crippen LogP contribution in [-0.4, -0.2) is 24.6 Å². The summed E-state index contributed by atoms with van der Waals surface area (Å²) in [5.41, 5.74) is 3.56. The molecular weight excluding hydrogens is 368 g/mol. The molecule has 0 saturated heterocycles. The van der Waals surface area contributed by atoms with Gasteiger partial charge in [0.05, 0.1) is 6.54 Å². The topological polar surface area (TPSA) is 58.2 Å². The van der Waals surface area contributed by atoms with Gasteiger partial charge < -0.3 is 10.6 Å². The van der Waals surface area contributed by atoms with Gasteiger partial charge in [-0.25, -0.2) is 0 Å². The molecule has 28 heavy (non-hydrogen) atoms. The maximum atomic E-state index is 12.4. The Morgan fingerprint density at radius 2 is 1.57 bits per heavy atom. The summed E-state index contributed by atoms with van der Waals surface area (Å²) in [6, 6.07) is 25.3. The van der Waals surface area contributed by atoms with Crippen molar-refractivity contribution in [1.29, 1.82) is 0 Å². The SMILES string of the molecule is CSc1ccc(-c2cccc(C(=O)NCC(=O)NCc3ccccc3)c2)cc1. The van der Waals surface area contributed by atoms with Crippen LogP contribution in [0.15, 0.2) is 83.8 Å². The quantitative estimate of drug-likeness (QED) is 0.597. The minimum Gasteiger partial charge on any atom is -0.350 e. The van der Waals surface area contributed by atoms with E-state index in [0.29, 0.717) is 12.1 Å². The van der Waals surface area contributed by atoms with Gasteiger partial charge in [0.1, 0.15) is 0 Å². The summed E-state index contributed by atoms with van der Waals surface area (Å²) >= 11 is 1.69. The minimum atomic E-state index is -0.266. The van der Waals surface area contributed by atoms with Gasteiger partial charge in [-0.15, -0.1) is 11.8 Å². The first-order valence-electron chi connectivity index (χ1n) is 8.99. The summed E-state index contributed by atoms with van der Waals surface area (Å²) in [6.07, 6.45) is 2.04. The molecule has 142 valence electrons. The van der Waals surface area contributed by atoms with Crippen molar-refractivity contribution in [2.45, 2.75) is 11.4 Å². The van der Waals surface area contributed by atoms with Gasteiger partial charge in [-0.1, -0.05) is 54.6 Å². The third-order valence-corrected chi connectivity index (χ3v) is 5.03. The fourth-order valence-electron chi connectivity index (χ4n) is 2.75. The molecule has 0 fully saturated rings. The van der Waals surface area contributed by atoms with Crippen molar-refractivity contribution in [3.8, 4) is 11.1 Å². The number of benzene rings is 3. The molecule has 0 spiro atoms. The molecule has 0 aromatic heterocycles. The van der Waals surface area contributed by atoms with Crippen molar-refractivity contribution in [2.24, 2.45) is 0 Å². The summed E-state index contributed by atoms with van der Waals surface area (Å²) in [6.45, 7) is 0.384. The lowest BCUT2D eigenvalue weighted by atomic mass is 10.0. The second-order valence-corrected chi connectivity index (χ2v) is 7.13. The van der Waals surface area contributed by atoms with Gasteiger partial charge in [0.15, 0.2) is 0 Å². The molecule has 0 atom stereocenters. The van der Waals surface area contributed by atoms with E-state index in [0.717, 1.165) is 16.7 Å². The summed E-state index contributed by atoms with van der Waals surface area (Å²) in [5, 5.41) is 5.48. The van der Waals surface area contributed by atoms with Gasteiger partial charge in [-0.3, -0.25) is 9.59 Å². The maximum Gasteiger partial charge on any atom is 0.251 e. The molecule has 0 heterocycles. The molecule has 4 nitrogen and oxygen atoms in total. The van der Waals surface area contributed by atoms with Crippen LogP contribution < -0.4 is 10.6 Å². The summed E-state index contributed by atoms with van der Waals surface area (Å²) < 4.78 is 0. The fraction of sp³-hybridized carbons (Fsp3) is 0.130. The molecule has 0 aliphatic rings. The van der Waals surface area contributed by atoms with Crippen molar-refractivity contribution in [3.05, 3.63) is 90.0 Å². The van der Waals surface area contributed by atoms with Crippen LogP contribution in [0.25, 0.3) is 11.1 Å². The van der Waals surface area contributed by atoms with Crippen molar-refractivity contribution >= 4 is 23.6 Å². The Morgan fingerprint density at radius 1 is 0.821 bits per heavy atom. The second kappa shape index (κ2) is 9.76. The first-order chi connectivity index (χ1) is 13.7. The zero-order chi connectivity index (χ0) is 19.8. The molecule has 5 heteroatoms. The number of carbonyl (C=O) groups is 2. The Bertz CT molecular complexity index is 940. The zero-order valence-electron chi connectivity index (χ0n) is 15.6. The smallest absolute Gasteiger partial charge is 0.251 e. The van der Waals surface area contributed by atoms with Crippen LogP contribution in [0.4, 0.5) is 0 Å². The van der Waals surface area contributed by atoms with Crippen LogP contribution in [0.3, 0.4) is 0 Å². The van der Waals surface area contributed by atoms with Gasteiger partial charge in [0.25, 0.3) is 5.91 Å². The van der Waals surface area contributed by atoms with Crippen LogP contribution in [0, 0.1) is 0 Å². The third-order valence-electron chi connectivity index (χ3n) is 4.29. The van der Waals surface area contributed by atoms with Gasteiger partial charge in [-0.2, -0.15) is 0 Å². The van der Waals surface area contributed by atoms with E-state index in [1.807, 2.05) is 66.9 Å². The lowest BCUT2D eigenvalue weighted by Gasteiger charge is -2.09. The van der Waals surface area contributed by atoms with E-state index in [-0.39, 0.29) is 18.4 Å². The van der Waals surface area contributed by atoms with Crippen molar-refractivity contribution < 1.29 is 9.59 Å². The Morgan fingerprint density at radius 3 is 2.29 bits per heavy atom. The number of hydrogen-bond acceptors (Lipinski definition) is 3. The summed E-state index contributed by atoms with van der Waals surface area (Å²) in [4.78, 5) is 25.6. The normalized spacial score (nSPS) is 10.3. The number of nitrogens with one attached hydrogen (secondary N) is 2. The van der Waals surface area contributed by atoms with Crippen LogP contribution in [-0.2, 0) is 11.3 Å². The zero-order valence-corrected chi connectivity index (χ0v) is 16.5. The van der Waals surface area contributed by atoms with Gasteiger partial charge >= 0.3 is 0 Å². The molecule has 3 aromatic carbocycles. The molecule has 0 aliphatic carbocycles. The molecule has 0 saturated carbocycles. The highest BCUT2D eigenvalue weighted by atomic mass is 32.2. The van der Waals surface area contributed by atoms with E-state index < -0.39 is 0 Å². The first kappa shape index (κ1) is 19.7. The molecule has 2 N–H and O–H groups in total. The molecule has 0 unspecified atom stereocenters. The number of amides is 2. The van der Waals surface area contributed by atoms with Crippen molar-refractivity contribution in [3.63, 3.8) is 0 Å². The monoisotopic (exact) mass is 390 g/mol. The van der Waals surface area contributed by atoms with Gasteiger partial charge in [-0.05, 0) is 47.2 Å². The summed E-state index contributed by atoms with van der Waals surface area (Å²) in [5.74, 6) is -0.488. The molecule has 0 aliphatic heterocycles. The lowest BCUT2D eigenvalue weighted by Crippen LogP contribution is -2.36. The standard InChI is InChI=1S/C23H22N2O2S/c1-28-21-12-10-18(11-13-21)19-8-5-9-20(14-19)23(27)25-16-22(26)24-15-17-6-3-2-4-7-17/h2-14H,15-16H2,1H3,(H,24,26)(H,25,27). The molecule has 0 bridgehead atoms. The van der Waals surface area contributed by atoms with Crippen molar-refractivity contribution in [2.75, 3.05) is 12.8 Å². The average molecular weight is 391 g/mol. The number of thioether (sulfide) groups is 1. The maximum absolute atomic E-state index is 12.4. The van der Waals surface area contributed by atoms with E-state index in [9.17, 15) is 9.59 Å². The second-order valence-electron chi connectivity index (χ2n) is 6.25. The average Bonchev–Trinajstić information content (AvgIpc) is 2.77. The van der Waals surface area contributed by atoms with Gasteiger partial charge in [0.2, 0.25) is 5.91 Å². The minimum absolute atomic E-state index is 0.0572. The van der Waals surface area contributed by atoms with E-state index in [1.54, 1.807) is 17.8 Å². The number of rotatable bonds is 7. The Labute approximate surface area is 169 Å². The summed E-state index contributed by atoms with van der Waals surface area (Å²) in [7, 11) is 0.